The molecule has 21 heavy (non-hydrogen) atoms. The fourth-order valence-corrected chi connectivity index (χ4v) is 4.40. The predicted molar refractivity (Wildman–Crippen MR) is 87.9 cm³/mol. The van der Waals surface area contributed by atoms with Gasteiger partial charge in [-0.25, -0.2) is 0 Å². The monoisotopic (exact) mass is 287 g/mol. The number of hydrogen-bond donors (Lipinski definition) is 1. The van der Waals surface area contributed by atoms with Gasteiger partial charge in [0, 0.05) is 12.0 Å². The van der Waals surface area contributed by atoms with Gasteiger partial charge in [-0.1, -0.05) is 32.4 Å². The van der Waals surface area contributed by atoms with Gasteiger partial charge >= 0.3 is 0 Å². The molecule has 2 saturated carbocycles. The van der Waals surface area contributed by atoms with E-state index in [1.807, 2.05) is 0 Å². The molecule has 2 heteroatoms. The quantitative estimate of drug-likeness (QED) is 0.849. The summed E-state index contributed by atoms with van der Waals surface area (Å²) in [5.41, 5.74) is 2.49. The maximum absolute atomic E-state index is 5.43. The van der Waals surface area contributed by atoms with Crippen molar-refractivity contribution in [1.29, 1.82) is 0 Å². The molecule has 0 aliphatic heterocycles. The van der Waals surface area contributed by atoms with Crippen LogP contribution in [0.15, 0.2) is 24.3 Å². The molecule has 3 rings (SSSR count). The maximum Gasteiger partial charge on any atom is 0.119 e. The third kappa shape index (κ3) is 2.83. The van der Waals surface area contributed by atoms with Crippen molar-refractivity contribution in [3.8, 4) is 5.75 Å². The first kappa shape index (κ1) is 14.9. The van der Waals surface area contributed by atoms with Gasteiger partial charge in [0.25, 0.3) is 0 Å². The summed E-state index contributed by atoms with van der Waals surface area (Å²) >= 11 is 0. The lowest BCUT2D eigenvalue weighted by Gasteiger charge is -2.62. The second kappa shape index (κ2) is 5.64. The molecule has 0 heterocycles. The normalized spacial score (nSPS) is 21.9. The Kier molecular flexibility index (Phi) is 4.00. The van der Waals surface area contributed by atoms with E-state index in [0.29, 0.717) is 16.7 Å². The van der Waals surface area contributed by atoms with Gasteiger partial charge in [0.2, 0.25) is 0 Å². The Bertz CT molecular complexity index is 482. The van der Waals surface area contributed by atoms with Gasteiger partial charge in [-0.2, -0.15) is 0 Å². The zero-order valence-electron chi connectivity index (χ0n) is 13.7. The molecule has 1 aromatic rings. The first-order valence-corrected chi connectivity index (χ1v) is 8.43. The van der Waals surface area contributed by atoms with Crippen molar-refractivity contribution in [3.05, 3.63) is 29.8 Å². The molecule has 2 aliphatic carbocycles. The molecule has 2 aliphatic rings. The van der Waals surface area contributed by atoms with Crippen LogP contribution in [0.5, 0.6) is 5.75 Å². The van der Waals surface area contributed by atoms with Gasteiger partial charge in [0.05, 0.1) is 7.11 Å². The lowest BCUT2D eigenvalue weighted by Crippen LogP contribution is -2.57. The number of hydrogen-bond acceptors (Lipinski definition) is 2. The van der Waals surface area contributed by atoms with Gasteiger partial charge in [-0.15, -0.1) is 0 Å². The molecule has 1 spiro atoms. The van der Waals surface area contributed by atoms with Crippen LogP contribution in [0.25, 0.3) is 0 Å². The van der Waals surface area contributed by atoms with Crippen LogP contribution in [0, 0.1) is 11.3 Å². The Labute approximate surface area is 129 Å². The molecule has 116 valence electrons. The molecule has 1 N–H and O–H groups in total. The number of rotatable bonds is 6. The van der Waals surface area contributed by atoms with Gasteiger partial charge in [-0.3, -0.25) is 0 Å². The van der Waals surface area contributed by atoms with E-state index in [2.05, 4.69) is 43.4 Å². The van der Waals surface area contributed by atoms with E-state index in [1.54, 1.807) is 7.11 Å². The minimum Gasteiger partial charge on any atom is -0.497 e. The zero-order chi connectivity index (χ0) is 14.9. The van der Waals surface area contributed by atoms with E-state index >= 15 is 0 Å². The molecule has 0 saturated heterocycles. The summed E-state index contributed by atoms with van der Waals surface area (Å²) in [6.45, 7) is 6.78. The van der Waals surface area contributed by atoms with E-state index < -0.39 is 0 Å². The Balaban J connectivity index is 1.75. The van der Waals surface area contributed by atoms with Gasteiger partial charge in [0.15, 0.2) is 0 Å². The number of benzene rings is 1. The van der Waals surface area contributed by atoms with Crippen LogP contribution in [0.3, 0.4) is 0 Å². The van der Waals surface area contributed by atoms with Crippen molar-refractivity contribution in [2.45, 2.75) is 51.4 Å². The molecule has 0 amide bonds. The van der Waals surface area contributed by atoms with Crippen molar-refractivity contribution in [2.75, 3.05) is 20.2 Å². The van der Waals surface area contributed by atoms with Crippen LogP contribution in [-0.4, -0.2) is 20.2 Å². The number of ether oxygens (including phenoxy) is 1. The first-order chi connectivity index (χ1) is 10.1. The highest BCUT2D eigenvalue weighted by molar-refractivity contribution is 5.38. The molecule has 2 fully saturated rings. The van der Waals surface area contributed by atoms with Gasteiger partial charge in [0.1, 0.15) is 5.75 Å². The average Bonchev–Trinajstić information content (AvgIpc) is 2.39. The number of nitrogens with one attached hydrogen (secondary N) is 1. The minimum absolute atomic E-state index is 0.337. The van der Waals surface area contributed by atoms with Crippen LogP contribution in [0.2, 0.25) is 0 Å². The molecular formula is C19H29NO. The fraction of sp³-hybridized carbons (Fsp3) is 0.684. The average molecular weight is 287 g/mol. The summed E-state index contributed by atoms with van der Waals surface area (Å²) in [5, 5.41) is 3.71. The zero-order valence-corrected chi connectivity index (χ0v) is 13.7. The Hall–Kier alpha value is -1.02. The lowest BCUT2D eigenvalue weighted by molar-refractivity contribution is -0.0484. The molecule has 0 radical (unpaired) electrons. The Morgan fingerprint density at radius 3 is 2.57 bits per heavy atom. The van der Waals surface area contributed by atoms with Crippen LogP contribution in [0.4, 0.5) is 0 Å². The minimum atomic E-state index is 0.337. The maximum atomic E-state index is 5.43. The fourth-order valence-electron chi connectivity index (χ4n) is 4.40. The number of methoxy groups -OCH3 is 1. The van der Waals surface area contributed by atoms with Crippen LogP contribution < -0.4 is 10.1 Å². The van der Waals surface area contributed by atoms with Crippen LogP contribution in [-0.2, 0) is 5.41 Å². The molecule has 0 aromatic heterocycles. The predicted octanol–water partition coefficient (Wildman–Crippen LogP) is 4.14. The topological polar surface area (TPSA) is 21.3 Å². The summed E-state index contributed by atoms with van der Waals surface area (Å²) in [5.74, 6) is 1.70. The summed E-state index contributed by atoms with van der Waals surface area (Å²) < 4.78 is 5.43. The molecule has 2 nitrogen and oxygen atoms in total. The van der Waals surface area contributed by atoms with Crippen molar-refractivity contribution in [2.24, 2.45) is 11.3 Å². The van der Waals surface area contributed by atoms with E-state index in [-0.39, 0.29) is 0 Å². The third-order valence-electron chi connectivity index (χ3n) is 5.54. The van der Waals surface area contributed by atoms with Crippen LogP contribution >= 0.6 is 0 Å². The van der Waals surface area contributed by atoms with Gasteiger partial charge < -0.3 is 10.1 Å². The smallest absolute Gasteiger partial charge is 0.119 e. The van der Waals surface area contributed by atoms with Crippen molar-refractivity contribution in [1.82, 2.24) is 5.32 Å². The standard InChI is InChI=1S/C19H29NO/c1-15(2)11-20-14-19(12-18(13-19)8-5-9-18)16-6-4-7-17(10-16)21-3/h4,6-7,10,15,20H,5,8-9,11-14H2,1-3H3. The molecule has 0 bridgehead atoms. The molecule has 0 unspecified atom stereocenters. The highest BCUT2D eigenvalue weighted by Crippen LogP contribution is 2.64. The SMILES string of the molecule is COc1cccc(C2(CNCC(C)C)CC3(CCC3)C2)c1. The molecular weight excluding hydrogens is 258 g/mol. The van der Waals surface area contributed by atoms with E-state index in [0.717, 1.165) is 18.8 Å². The Morgan fingerprint density at radius 2 is 2.00 bits per heavy atom. The van der Waals surface area contributed by atoms with E-state index in [4.69, 9.17) is 4.74 Å². The molecule has 1 aromatic carbocycles. The van der Waals surface area contributed by atoms with Crippen molar-refractivity contribution < 1.29 is 4.74 Å². The summed E-state index contributed by atoms with van der Waals surface area (Å²) in [6, 6.07) is 8.74. The largest absolute Gasteiger partial charge is 0.497 e. The lowest BCUT2D eigenvalue weighted by atomic mass is 9.43. The summed E-state index contributed by atoms with van der Waals surface area (Å²) in [7, 11) is 1.76. The summed E-state index contributed by atoms with van der Waals surface area (Å²) in [4.78, 5) is 0. The Morgan fingerprint density at radius 1 is 1.24 bits per heavy atom. The highest BCUT2D eigenvalue weighted by Gasteiger charge is 2.57. The second-order valence-electron chi connectivity index (χ2n) is 7.74. The molecule has 0 atom stereocenters. The van der Waals surface area contributed by atoms with E-state index in [9.17, 15) is 0 Å². The second-order valence-corrected chi connectivity index (χ2v) is 7.74. The van der Waals surface area contributed by atoms with Crippen molar-refractivity contribution >= 4 is 0 Å². The van der Waals surface area contributed by atoms with E-state index in [1.165, 1.54) is 37.7 Å². The van der Waals surface area contributed by atoms with Gasteiger partial charge in [-0.05, 0) is 61.3 Å². The summed E-state index contributed by atoms with van der Waals surface area (Å²) in [6.07, 6.45) is 7.05. The first-order valence-electron chi connectivity index (χ1n) is 8.43. The highest BCUT2D eigenvalue weighted by atomic mass is 16.5. The van der Waals surface area contributed by atoms with Crippen LogP contribution in [0.1, 0.15) is 51.5 Å². The third-order valence-corrected chi connectivity index (χ3v) is 5.54. The van der Waals surface area contributed by atoms with Crippen molar-refractivity contribution in [3.63, 3.8) is 0 Å².